The predicted octanol–water partition coefficient (Wildman–Crippen LogP) is 3.86. The van der Waals surface area contributed by atoms with Crippen molar-refractivity contribution in [3.8, 4) is 17.2 Å². The van der Waals surface area contributed by atoms with Gasteiger partial charge in [0.05, 0.1) is 25.9 Å². The Morgan fingerprint density at radius 3 is 2.36 bits per heavy atom. The molecular formula is C18H26O4. The number of rotatable bonds is 7. The highest BCUT2D eigenvalue weighted by molar-refractivity contribution is 5.51. The van der Waals surface area contributed by atoms with Crippen LogP contribution in [0, 0.1) is 0 Å². The molecule has 0 bridgehead atoms. The van der Waals surface area contributed by atoms with Crippen molar-refractivity contribution in [2.45, 2.75) is 51.7 Å². The minimum absolute atomic E-state index is 0.0835. The summed E-state index contributed by atoms with van der Waals surface area (Å²) in [5.41, 5.74) is 2.20. The summed E-state index contributed by atoms with van der Waals surface area (Å²) in [7, 11) is 3.19. The van der Waals surface area contributed by atoms with Crippen LogP contribution in [0.25, 0.3) is 0 Å². The number of ether oxygens (including phenoxy) is 3. The molecule has 1 N–H and O–H groups in total. The zero-order valence-corrected chi connectivity index (χ0v) is 14.1. The number of methoxy groups -OCH3 is 2. The van der Waals surface area contributed by atoms with Gasteiger partial charge in [-0.1, -0.05) is 11.6 Å². The lowest BCUT2D eigenvalue weighted by Crippen LogP contribution is -2.12. The van der Waals surface area contributed by atoms with Gasteiger partial charge in [-0.25, -0.2) is 0 Å². The molecular weight excluding hydrogens is 280 g/mol. The van der Waals surface area contributed by atoms with Gasteiger partial charge in [-0.05, 0) is 33.6 Å². The summed E-state index contributed by atoms with van der Waals surface area (Å²) in [6, 6.07) is 3.22. The summed E-state index contributed by atoms with van der Waals surface area (Å²) in [6.45, 7) is 6.37. The lowest BCUT2D eigenvalue weighted by Gasteiger charge is -2.13. The van der Waals surface area contributed by atoms with E-state index in [0.717, 1.165) is 24.8 Å². The van der Waals surface area contributed by atoms with Crippen molar-refractivity contribution in [1.29, 1.82) is 0 Å². The molecule has 0 radical (unpaired) electrons. The van der Waals surface area contributed by atoms with Gasteiger partial charge in [-0.15, -0.1) is 0 Å². The van der Waals surface area contributed by atoms with Crippen molar-refractivity contribution in [3.63, 3.8) is 0 Å². The molecule has 0 spiro atoms. The lowest BCUT2D eigenvalue weighted by atomic mass is 9.95. The van der Waals surface area contributed by atoms with Crippen LogP contribution < -0.4 is 9.47 Å². The minimum atomic E-state index is -0.0835. The highest BCUT2D eigenvalue weighted by atomic mass is 16.6. The van der Waals surface area contributed by atoms with Gasteiger partial charge in [-0.2, -0.15) is 0 Å². The van der Waals surface area contributed by atoms with Crippen LogP contribution >= 0.6 is 0 Å². The van der Waals surface area contributed by atoms with Gasteiger partial charge in [0, 0.05) is 24.1 Å². The third-order valence-electron chi connectivity index (χ3n) is 4.21. The van der Waals surface area contributed by atoms with Crippen molar-refractivity contribution in [2.24, 2.45) is 0 Å². The van der Waals surface area contributed by atoms with E-state index in [0.29, 0.717) is 11.5 Å². The van der Waals surface area contributed by atoms with Crippen molar-refractivity contribution in [1.82, 2.24) is 0 Å². The Kier molecular flexibility index (Phi) is 5.01. The average molecular weight is 306 g/mol. The molecule has 1 aromatic rings. The number of aromatic hydroxyl groups is 1. The van der Waals surface area contributed by atoms with Gasteiger partial charge >= 0.3 is 0 Å². The topological polar surface area (TPSA) is 51.2 Å². The molecule has 1 heterocycles. The van der Waals surface area contributed by atoms with Gasteiger partial charge in [0.2, 0.25) is 0 Å². The first kappa shape index (κ1) is 16.7. The first-order valence-electron chi connectivity index (χ1n) is 7.64. The second-order valence-corrected chi connectivity index (χ2v) is 6.27. The molecule has 0 aromatic heterocycles. The zero-order valence-electron chi connectivity index (χ0n) is 14.1. The Labute approximate surface area is 132 Å². The molecule has 1 aliphatic heterocycles. The van der Waals surface area contributed by atoms with E-state index in [1.165, 1.54) is 5.57 Å². The Balaban J connectivity index is 2.08. The van der Waals surface area contributed by atoms with Crippen LogP contribution in [-0.4, -0.2) is 31.0 Å². The SMILES string of the molecule is COc1cc(O)cc(OC)c1C[C@@H]1O[C@@]1(C)CCC=C(C)C. The van der Waals surface area contributed by atoms with E-state index in [1.54, 1.807) is 26.4 Å². The molecule has 122 valence electrons. The van der Waals surface area contributed by atoms with Crippen molar-refractivity contribution >= 4 is 0 Å². The summed E-state index contributed by atoms with van der Waals surface area (Å²) in [4.78, 5) is 0. The van der Waals surface area contributed by atoms with E-state index in [4.69, 9.17) is 14.2 Å². The molecule has 4 nitrogen and oxygen atoms in total. The first-order valence-corrected chi connectivity index (χ1v) is 7.64. The van der Waals surface area contributed by atoms with Crippen LogP contribution in [0.2, 0.25) is 0 Å². The molecule has 1 aromatic carbocycles. The van der Waals surface area contributed by atoms with Crippen LogP contribution in [0.5, 0.6) is 17.2 Å². The summed E-state index contributed by atoms with van der Waals surface area (Å²) < 4.78 is 16.7. The predicted molar refractivity (Wildman–Crippen MR) is 86.9 cm³/mol. The number of hydrogen-bond donors (Lipinski definition) is 1. The van der Waals surface area contributed by atoms with Crippen LogP contribution in [0.1, 0.15) is 39.2 Å². The molecule has 0 unspecified atom stereocenters. The monoisotopic (exact) mass is 306 g/mol. The number of benzene rings is 1. The number of epoxide rings is 1. The second-order valence-electron chi connectivity index (χ2n) is 6.27. The van der Waals surface area contributed by atoms with Crippen molar-refractivity contribution in [3.05, 3.63) is 29.3 Å². The van der Waals surface area contributed by atoms with Crippen molar-refractivity contribution < 1.29 is 19.3 Å². The van der Waals surface area contributed by atoms with E-state index in [9.17, 15) is 5.11 Å². The van der Waals surface area contributed by atoms with E-state index in [1.807, 2.05) is 0 Å². The molecule has 2 rings (SSSR count). The quantitative estimate of drug-likeness (QED) is 0.614. The smallest absolute Gasteiger partial charge is 0.129 e. The van der Waals surface area contributed by atoms with E-state index >= 15 is 0 Å². The summed E-state index contributed by atoms with van der Waals surface area (Å²) in [5.74, 6) is 1.42. The largest absolute Gasteiger partial charge is 0.508 e. The van der Waals surface area contributed by atoms with Gasteiger partial charge in [-0.3, -0.25) is 0 Å². The van der Waals surface area contributed by atoms with Gasteiger partial charge in [0.15, 0.2) is 0 Å². The third-order valence-corrected chi connectivity index (χ3v) is 4.21. The Morgan fingerprint density at radius 2 is 1.86 bits per heavy atom. The van der Waals surface area contributed by atoms with Crippen LogP contribution in [0.15, 0.2) is 23.8 Å². The zero-order chi connectivity index (χ0) is 16.3. The second kappa shape index (κ2) is 6.61. The molecule has 0 saturated carbocycles. The molecule has 0 amide bonds. The first-order chi connectivity index (χ1) is 10.4. The minimum Gasteiger partial charge on any atom is -0.508 e. The molecule has 1 aliphatic rings. The van der Waals surface area contributed by atoms with E-state index < -0.39 is 0 Å². The standard InChI is InChI=1S/C18H26O4/c1-12(2)7-6-8-18(3)17(22-18)11-14-15(20-4)9-13(19)10-16(14)21-5/h7,9-10,17,19H,6,8,11H2,1-5H3/t17-,18-/m0/s1. The summed E-state index contributed by atoms with van der Waals surface area (Å²) >= 11 is 0. The number of hydrogen-bond acceptors (Lipinski definition) is 4. The Bertz CT molecular complexity index is 535. The van der Waals surface area contributed by atoms with E-state index in [2.05, 4.69) is 26.8 Å². The maximum absolute atomic E-state index is 9.70. The van der Waals surface area contributed by atoms with E-state index in [-0.39, 0.29) is 17.5 Å². The molecule has 2 atom stereocenters. The average Bonchev–Trinajstić information content (AvgIpc) is 3.09. The van der Waals surface area contributed by atoms with Crippen LogP contribution in [0.4, 0.5) is 0 Å². The van der Waals surface area contributed by atoms with Crippen LogP contribution in [-0.2, 0) is 11.2 Å². The fourth-order valence-electron chi connectivity index (χ4n) is 2.77. The molecule has 4 heteroatoms. The Morgan fingerprint density at radius 1 is 1.27 bits per heavy atom. The van der Waals surface area contributed by atoms with Gasteiger partial charge < -0.3 is 19.3 Å². The van der Waals surface area contributed by atoms with Crippen molar-refractivity contribution in [2.75, 3.05) is 14.2 Å². The maximum atomic E-state index is 9.70. The normalized spacial score (nSPS) is 23.0. The number of phenols is 1. The Hall–Kier alpha value is -1.68. The van der Waals surface area contributed by atoms with Gasteiger partial charge in [0.1, 0.15) is 17.2 Å². The highest BCUT2D eigenvalue weighted by Gasteiger charge is 2.51. The fraction of sp³-hybridized carbons (Fsp3) is 0.556. The summed E-state index contributed by atoms with van der Waals surface area (Å²) in [5, 5.41) is 9.70. The molecule has 0 aliphatic carbocycles. The fourth-order valence-corrected chi connectivity index (χ4v) is 2.77. The lowest BCUT2D eigenvalue weighted by molar-refractivity contribution is 0.296. The number of phenolic OH excluding ortho intramolecular Hbond substituents is 1. The van der Waals surface area contributed by atoms with Gasteiger partial charge in [0.25, 0.3) is 0 Å². The molecule has 1 saturated heterocycles. The number of allylic oxidation sites excluding steroid dienone is 2. The summed E-state index contributed by atoms with van der Waals surface area (Å²) in [6.07, 6.45) is 5.15. The highest BCUT2D eigenvalue weighted by Crippen LogP contribution is 2.45. The molecule has 1 fully saturated rings. The third kappa shape index (κ3) is 3.74. The maximum Gasteiger partial charge on any atom is 0.129 e. The molecule has 22 heavy (non-hydrogen) atoms. The van der Waals surface area contributed by atoms with Crippen LogP contribution in [0.3, 0.4) is 0 Å².